The molecular formula is C11H16FNS. The molecule has 1 aromatic heterocycles. The summed E-state index contributed by atoms with van der Waals surface area (Å²) in [5.74, 6) is 0.526. The van der Waals surface area contributed by atoms with Crippen molar-refractivity contribution in [3.05, 3.63) is 21.6 Å². The highest BCUT2D eigenvalue weighted by Gasteiger charge is 2.20. The molecule has 1 aromatic rings. The fourth-order valence-corrected chi connectivity index (χ4v) is 3.25. The molecule has 1 atom stereocenters. The number of likely N-dealkylation sites (N-methyl/N-ethyl adjacent to an activating group) is 1. The minimum absolute atomic E-state index is 0.0157. The lowest BCUT2D eigenvalue weighted by molar-refractivity contribution is 0.562. The van der Waals surface area contributed by atoms with Crippen LogP contribution in [0.15, 0.2) is 6.07 Å². The van der Waals surface area contributed by atoms with Gasteiger partial charge < -0.3 is 5.32 Å². The predicted octanol–water partition coefficient (Wildman–Crippen LogP) is 2.92. The summed E-state index contributed by atoms with van der Waals surface area (Å²) >= 11 is 1.34. The highest BCUT2D eigenvalue weighted by molar-refractivity contribution is 7.10. The average Bonchev–Trinajstić information content (AvgIpc) is 2.43. The van der Waals surface area contributed by atoms with Gasteiger partial charge in [0.1, 0.15) is 0 Å². The van der Waals surface area contributed by atoms with Crippen LogP contribution in [-0.4, -0.2) is 13.6 Å². The third kappa shape index (κ3) is 1.98. The minimum Gasteiger partial charge on any atom is -0.319 e. The first kappa shape index (κ1) is 10.1. The molecule has 2 rings (SSSR count). The van der Waals surface area contributed by atoms with Gasteiger partial charge in [0, 0.05) is 11.4 Å². The molecule has 0 aromatic carbocycles. The van der Waals surface area contributed by atoms with E-state index in [1.54, 1.807) is 6.07 Å². The van der Waals surface area contributed by atoms with Crippen LogP contribution in [0.25, 0.3) is 0 Å². The SMILES string of the molecule is CNC[C@@H]1CCCCc2sc(F)cc21. The third-order valence-electron chi connectivity index (χ3n) is 2.91. The summed E-state index contributed by atoms with van der Waals surface area (Å²) < 4.78 is 13.1. The van der Waals surface area contributed by atoms with E-state index >= 15 is 0 Å². The monoisotopic (exact) mass is 213 g/mol. The second kappa shape index (κ2) is 4.41. The number of halogens is 1. The summed E-state index contributed by atoms with van der Waals surface area (Å²) in [4.78, 5) is 1.28. The smallest absolute Gasteiger partial charge is 0.176 e. The molecule has 3 heteroatoms. The zero-order chi connectivity index (χ0) is 9.97. The van der Waals surface area contributed by atoms with Gasteiger partial charge in [-0.25, -0.2) is 0 Å². The molecule has 1 nitrogen and oxygen atoms in total. The second-order valence-corrected chi connectivity index (χ2v) is 5.02. The van der Waals surface area contributed by atoms with E-state index in [-0.39, 0.29) is 5.13 Å². The lowest BCUT2D eigenvalue weighted by atomic mass is 9.97. The van der Waals surface area contributed by atoms with Gasteiger partial charge in [0.15, 0.2) is 5.13 Å². The lowest BCUT2D eigenvalue weighted by Gasteiger charge is -2.13. The van der Waals surface area contributed by atoms with Crippen LogP contribution in [0.1, 0.15) is 35.6 Å². The molecule has 0 fully saturated rings. The van der Waals surface area contributed by atoms with Crippen molar-refractivity contribution in [1.82, 2.24) is 5.32 Å². The zero-order valence-electron chi connectivity index (χ0n) is 8.48. The van der Waals surface area contributed by atoms with Crippen molar-refractivity contribution < 1.29 is 4.39 Å². The van der Waals surface area contributed by atoms with Crippen molar-refractivity contribution in [1.29, 1.82) is 0 Å². The number of aryl methyl sites for hydroxylation is 1. The maximum absolute atomic E-state index is 13.1. The van der Waals surface area contributed by atoms with Crippen molar-refractivity contribution in [3.63, 3.8) is 0 Å². The molecule has 14 heavy (non-hydrogen) atoms. The number of fused-ring (bicyclic) bond motifs is 1. The molecular weight excluding hydrogens is 197 g/mol. The number of hydrogen-bond acceptors (Lipinski definition) is 2. The fraction of sp³-hybridized carbons (Fsp3) is 0.636. The van der Waals surface area contributed by atoms with Crippen LogP contribution in [0.2, 0.25) is 0 Å². The first-order chi connectivity index (χ1) is 6.81. The summed E-state index contributed by atoms with van der Waals surface area (Å²) in [6, 6.07) is 1.74. The molecule has 1 aliphatic rings. The Bertz CT molecular complexity index is 308. The number of nitrogens with one attached hydrogen (secondary N) is 1. The Balaban J connectivity index is 2.26. The molecule has 1 heterocycles. The molecule has 0 saturated heterocycles. The predicted molar refractivity (Wildman–Crippen MR) is 58.5 cm³/mol. The van der Waals surface area contributed by atoms with Crippen molar-refractivity contribution in [2.24, 2.45) is 0 Å². The fourth-order valence-electron chi connectivity index (χ4n) is 2.24. The number of hydrogen-bond donors (Lipinski definition) is 1. The Morgan fingerprint density at radius 2 is 2.43 bits per heavy atom. The van der Waals surface area contributed by atoms with E-state index in [4.69, 9.17) is 0 Å². The van der Waals surface area contributed by atoms with Crippen LogP contribution < -0.4 is 5.32 Å². The highest BCUT2D eigenvalue weighted by atomic mass is 32.1. The van der Waals surface area contributed by atoms with Crippen molar-refractivity contribution in [2.75, 3.05) is 13.6 Å². The molecule has 1 N–H and O–H groups in total. The van der Waals surface area contributed by atoms with E-state index in [1.807, 2.05) is 7.05 Å². The zero-order valence-corrected chi connectivity index (χ0v) is 9.29. The van der Waals surface area contributed by atoms with Gasteiger partial charge in [-0.2, -0.15) is 4.39 Å². The van der Waals surface area contributed by atoms with Gasteiger partial charge in [-0.1, -0.05) is 6.42 Å². The first-order valence-corrected chi connectivity index (χ1v) is 6.05. The van der Waals surface area contributed by atoms with Crippen LogP contribution in [0, 0.1) is 5.13 Å². The molecule has 0 aliphatic heterocycles. The van der Waals surface area contributed by atoms with E-state index in [9.17, 15) is 4.39 Å². The van der Waals surface area contributed by atoms with Crippen molar-refractivity contribution in [3.8, 4) is 0 Å². The topological polar surface area (TPSA) is 12.0 Å². The Morgan fingerprint density at radius 1 is 1.57 bits per heavy atom. The number of thiophene rings is 1. The van der Waals surface area contributed by atoms with E-state index in [1.165, 1.54) is 41.0 Å². The van der Waals surface area contributed by atoms with Gasteiger partial charge in [0.2, 0.25) is 0 Å². The summed E-state index contributed by atoms with van der Waals surface area (Å²) in [5, 5.41) is 3.18. The Hall–Kier alpha value is -0.410. The second-order valence-electron chi connectivity index (χ2n) is 3.93. The van der Waals surface area contributed by atoms with Gasteiger partial charge in [-0.15, -0.1) is 11.3 Å². The van der Waals surface area contributed by atoms with Gasteiger partial charge in [-0.05, 0) is 43.9 Å². The molecule has 0 saturated carbocycles. The van der Waals surface area contributed by atoms with Crippen LogP contribution in [0.3, 0.4) is 0 Å². The molecule has 78 valence electrons. The summed E-state index contributed by atoms with van der Waals surface area (Å²) in [5.41, 5.74) is 1.26. The lowest BCUT2D eigenvalue weighted by Crippen LogP contribution is -2.16. The van der Waals surface area contributed by atoms with Crippen LogP contribution >= 0.6 is 11.3 Å². The van der Waals surface area contributed by atoms with E-state index < -0.39 is 0 Å². The van der Waals surface area contributed by atoms with Gasteiger partial charge in [-0.3, -0.25) is 0 Å². The van der Waals surface area contributed by atoms with E-state index in [0.717, 1.165) is 13.0 Å². The van der Waals surface area contributed by atoms with Crippen molar-refractivity contribution >= 4 is 11.3 Å². The van der Waals surface area contributed by atoms with E-state index in [0.29, 0.717) is 5.92 Å². The highest BCUT2D eigenvalue weighted by Crippen LogP contribution is 2.34. The summed E-state index contributed by atoms with van der Waals surface area (Å²) in [6.45, 7) is 0.975. The van der Waals surface area contributed by atoms with Crippen molar-refractivity contribution in [2.45, 2.75) is 31.6 Å². The molecule has 0 unspecified atom stereocenters. The largest absolute Gasteiger partial charge is 0.319 e. The summed E-state index contributed by atoms with van der Waals surface area (Å²) in [6.07, 6.45) is 4.76. The molecule has 1 aliphatic carbocycles. The van der Waals surface area contributed by atoms with Crippen LogP contribution in [0.5, 0.6) is 0 Å². The van der Waals surface area contributed by atoms with Gasteiger partial charge in [0.25, 0.3) is 0 Å². The maximum atomic E-state index is 13.1. The minimum atomic E-state index is -0.0157. The van der Waals surface area contributed by atoms with Crippen LogP contribution in [-0.2, 0) is 6.42 Å². The number of rotatable bonds is 2. The third-order valence-corrected chi connectivity index (χ3v) is 3.91. The Morgan fingerprint density at radius 3 is 3.21 bits per heavy atom. The summed E-state index contributed by atoms with van der Waals surface area (Å²) in [7, 11) is 1.97. The van der Waals surface area contributed by atoms with Gasteiger partial charge >= 0.3 is 0 Å². The Kier molecular flexibility index (Phi) is 3.19. The molecule has 0 radical (unpaired) electrons. The standard InChI is InChI=1S/C11H16FNS/c1-13-7-8-4-2-3-5-10-9(8)6-11(12)14-10/h6,8,13H,2-5,7H2,1H3/t8-/m0/s1. The molecule has 0 amide bonds. The van der Waals surface area contributed by atoms with E-state index in [2.05, 4.69) is 5.32 Å². The van der Waals surface area contributed by atoms with Gasteiger partial charge in [0.05, 0.1) is 0 Å². The molecule has 0 bridgehead atoms. The Labute approximate surface area is 88.3 Å². The quantitative estimate of drug-likeness (QED) is 0.745. The van der Waals surface area contributed by atoms with Crippen LogP contribution in [0.4, 0.5) is 4.39 Å². The molecule has 0 spiro atoms. The normalized spacial score (nSPS) is 21.7. The maximum Gasteiger partial charge on any atom is 0.176 e. The average molecular weight is 213 g/mol. The first-order valence-electron chi connectivity index (χ1n) is 5.24.